The van der Waals surface area contributed by atoms with Crippen LogP contribution < -0.4 is 20.3 Å². The largest absolute Gasteiger partial charge is 0.490 e. The van der Waals surface area contributed by atoms with Crippen LogP contribution in [-0.4, -0.2) is 59.4 Å². The number of hydrogen-bond donors (Lipinski definition) is 2. The molecule has 3 amide bonds. The molecule has 3 atom stereocenters. The highest BCUT2D eigenvalue weighted by molar-refractivity contribution is 8.01. The van der Waals surface area contributed by atoms with Crippen molar-refractivity contribution in [1.82, 2.24) is 20.5 Å². The van der Waals surface area contributed by atoms with Gasteiger partial charge in [-0.1, -0.05) is 11.8 Å². The maximum absolute atomic E-state index is 13.4. The predicted molar refractivity (Wildman–Crippen MR) is 135 cm³/mol. The van der Waals surface area contributed by atoms with E-state index in [2.05, 4.69) is 27.6 Å². The number of amides is 3. The monoisotopic (exact) mass is 493 g/mol. The highest BCUT2D eigenvalue weighted by atomic mass is 32.2. The number of aryl methyl sites for hydroxylation is 1. The number of thioether (sulfide) groups is 1. The van der Waals surface area contributed by atoms with Gasteiger partial charge in [0.15, 0.2) is 0 Å². The first-order valence-electron chi connectivity index (χ1n) is 12.5. The van der Waals surface area contributed by atoms with Crippen molar-refractivity contribution >= 4 is 35.1 Å². The second-order valence-electron chi connectivity index (χ2n) is 10.1. The highest BCUT2D eigenvalue weighted by Gasteiger charge is 2.47. The summed E-state index contributed by atoms with van der Waals surface area (Å²) in [7, 11) is 2.08. The summed E-state index contributed by atoms with van der Waals surface area (Å²) in [4.78, 5) is 35.2. The van der Waals surface area contributed by atoms with Crippen LogP contribution in [0.1, 0.15) is 49.3 Å². The molecule has 2 aromatic rings. The van der Waals surface area contributed by atoms with Gasteiger partial charge in [0.2, 0.25) is 5.91 Å². The molecule has 35 heavy (non-hydrogen) atoms. The number of anilines is 2. The minimum Gasteiger partial charge on any atom is -0.490 e. The second-order valence-corrected chi connectivity index (χ2v) is 11.2. The van der Waals surface area contributed by atoms with Crippen LogP contribution in [0.25, 0.3) is 0 Å². The van der Waals surface area contributed by atoms with Crippen LogP contribution in [0.5, 0.6) is 5.75 Å². The molecule has 1 aromatic carbocycles. The Morgan fingerprint density at radius 2 is 2.06 bits per heavy atom. The summed E-state index contributed by atoms with van der Waals surface area (Å²) in [6.45, 7) is 3.91. The molecule has 1 aliphatic carbocycles. The van der Waals surface area contributed by atoms with E-state index in [0.29, 0.717) is 6.10 Å². The Hall–Kier alpha value is -2.78. The van der Waals surface area contributed by atoms with Gasteiger partial charge >= 0.3 is 6.03 Å². The molecule has 2 unspecified atom stereocenters. The number of benzene rings is 1. The maximum atomic E-state index is 13.4. The molecule has 8 nitrogen and oxygen atoms in total. The molecule has 0 radical (unpaired) electrons. The van der Waals surface area contributed by atoms with Crippen molar-refractivity contribution in [3.05, 3.63) is 41.6 Å². The molecule has 4 aliphatic rings. The molecule has 3 aliphatic heterocycles. The van der Waals surface area contributed by atoms with Crippen LogP contribution in [0.2, 0.25) is 0 Å². The van der Waals surface area contributed by atoms with Gasteiger partial charge in [-0.3, -0.25) is 9.69 Å². The van der Waals surface area contributed by atoms with Gasteiger partial charge in [-0.05, 0) is 82.4 Å². The Kier molecular flexibility index (Phi) is 5.84. The van der Waals surface area contributed by atoms with Gasteiger partial charge < -0.3 is 20.3 Å². The van der Waals surface area contributed by atoms with E-state index in [1.807, 2.05) is 31.2 Å². The number of hydrogen-bond acceptors (Lipinski definition) is 6. The molecule has 0 spiro atoms. The molecule has 184 valence electrons. The number of carbonyl (C=O) groups excluding carboxylic acids is 2. The van der Waals surface area contributed by atoms with E-state index in [0.717, 1.165) is 72.0 Å². The number of ether oxygens (including phenoxy) is 1. The van der Waals surface area contributed by atoms with Crippen molar-refractivity contribution in [2.75, 3.05) is 25.0 Å². The van der Waals surface area contributed by atoms with Crippen LogP contribution >= 0.6 is 11.8 Å². The van der Waals surface area contributed by atoms with Crippen LogP contribution in [0.15, 0.2) is 35.5 Å². The van der Waals surface area contributed by atoms with Crippen molar-refractivity contribution in [3.63, 3.8) is 0 Å². The fourth-order valence-electron chi connectivity index (χ4n) is 5.47. The Labute approximate surface area is 209 Å². The summed E-state index contributed by atoms with van der Waals surface area (Å²) in [5.74, 6) is 0.804. The Morgan fingerprint density at radius 3 is 2.80 bits per heavy atom. The normalized spacial score (nSPS) is 26.1. The van der Waals surface area contributed by atoms with Crippen LogP contribution in [0.4, 0.5) is 16.2 Å². The second kappa shape index (κ2) is 9.02. The molecular formula is C26H31N5O3S. The number of carbonyl (C=O) groups is 2. The van der Waals surface area contributed by atoms with Crippen molar-refractivity contribution in [2.24, 2.45) is 0 Å². The molecule has 2 fully saturated rings. The maximum Gasteiger partial charge on any atom is 0.327 e. The zero-order valence-corrected chi connectivity index (χ0v) is 20.9. The first-order chi connectivity index (χ1) is 17.0. The predicted octanol–water partition coefficient (Wildman–Crippen LogP) is 3.91. The topological polar surface area (TPSA) is 86.8 Å². The van der Waals surface area contributed by atoms with Gasteiger partial charge in [-0.25, -0.2) is 9.78 Å². The van der Waals surface area contributed by atoms with E-state index in [4.69, 9.17) is 4.74 Å². The Bertz CT molecular complexity index is 1170. The molecule has 0 bridgehead atoms. The highest BCUT2D eigenvalue weighted by Crippen LogP contribution is 2.51. The lowest BCUT2D eigenvalue weighted by Crippen LogP contribution is -2.52. The van der Waals surface area contributed by atoms with Crippen LogP contribution in [0.3, 0.4) is 0 Å². The van der Waals surface area contributed by atoms with Crippen LogP contribution in [0, 0.1) is 6.92 Å². The van der Waals surface area contributed by atoms with Crippen molar-refractivity contribution in [1.29, 1.82) is 0 Å². The van der Waals surface area contributed by atoms with E-state index < -0.39 is 11.3 Å². The van der Waals surface area contributed by atoms with Gasteiger partial charge in [0.25, 0.3) is 0 Å². The Morgan fingerprint density at radius 1 is 1.20 bits per heavy atom. The molecule has 1 saturated carbocycles. The van der Waals surface area contributed by atoms with Crippen LogP contribution in [-0.2, 0) is 4.79 Å². The third kappa shape index (κ3) is 4.14. The van der Waals surface area contributed by atoms with Gasteiger partial charge in [0.1, 0.15) is 16.0 Å². The van der Waals surface area contributed by atoms with Gasteiger partial charge in [-0.2, -0.15) is 0 Å². The summed E-state index contributed by atoms with van der Waals surface area (Å²) in [6, 6.07) is 7.27. The van der Waals surface area contributed by atoms with E-state index in [1.165, 1.54) is 18.2 Å². The van der Waals surface area contributed by atoms with E-state index in [-0.39, 0.29) is 18.0 Å². The van der Waals surface area contributed by atoms with Crippen molar-refractivity contribution in [3.8, 4) is 5.75 Å². The number of likely N-dealkylation sites (tertiary alicyclic amines) is 1. The molecule has 2 N–H and O–H groups in total. The van der Waals surface area contributed by atoms with Gasteiger partial charge in [0.05, 0.1) is 23.5 Å². The van der Waals surface area contributed by atoms with Gasteiger partial charge in [0, 0.05) is 24.3 Å². The average molecular weight is 494 g/mol. The smallest absolute Gasteiger partial charge is 0.327 e. The molecule has 1 saturated heterocycles. The first kappa shape index (κ1) is 22.7. The molecular weight excluding hydrogens is 462 g/mol. The first-order valence-corrected chi connectivity index (χ1v) is 13.4. The number of nitrogens with one attached hydrogen (secondary N) is 2. The fourth-order valence-corrected chi connectivity index (χ4v) is 6.70. The standard InChI is InChI=1S/C26H31N5O3S/c1-15-13-18(34-17-6-3-7-17)8-9-19(15)31-20-10-11-27-25-21(20)22(29-26(31)33)23(35-25)24(32)28-16-5-4-12-30(2)14-16/h8-11,13,16-17,22-23H,3-7,12,14H2,1-2H3,(H,28,32)(H,29,33)/t16?,22?,23-/m1/s1. The zero-order valence-electron chi connectivity index (χ0n) is 20.1. The van der Waals surface area contributed by atoms with E-state index in [1.54, 1.807) is 11.1 Å². The number of pyridine rings is 1. The summed E-state index contributed by atoms with van der Waals surface area (Å²) in [5, 5.41) is 6.71. The fraction of sp³-hybridized carbons (Fsp3) is 0.500. The molecule has 1 aromatic heterocycles. The molecule has 6 rings (SSSR count). The lowest BCUT2D eigenvalue weighted by molar-refractivity contribution is -0.122. The molecule has 4 heterocycles. The summed E-state index contributed by atoms with van der Waals surface area (Å²) >= 11 is 1.44. The zero-order chi connectivity index (χ0) is 24.1. The summed E-state index contributed by atoms with van der Waals surface area (Å²) < 4.78 is 6.05. The third-order valence-electron chi connectivity index (χ3n) is 7.50. The lowest BCUT2D eigenvalue weighted by atomic mass is 9.96. The number of aromatic nitrogens is 1. The number of piperidine rings is 1. The summed E-state index contributed by atoms with van der Waals surface area (Å²) in [5.41, 5.74) is 3.48. The average Bonchev–Trinajstić information content (AvgIpc) is 3.17. The quantitative estimate of drug-likeness (QED) is 0.657. The molecule has 9 heteroatoms. The third-order valence-corrected chi connectivity index (χ3v) is 8.79. The van der Waals surface area contributed by atoms with E-state index >= 15 is 0 Å². The van der Waals surface area contributed by atoms with Crippen molar-refractivity contribution in [2.45, 2.75) is 67.5 Å². The lowest BCUT2D eigenvalue weighted by Gasteiger charge is -2.36. The summed E-state index contributed by atoms with van der Waals surface area (Å²) in [6.07, 6.45) is 7.51. The number of likely N-dealkylation sites (N-methyl/N-ethyl adjacent to an activating group) is 1. The van der Waals surface area contributed by atoms with Crippen molar-refractivity contribution < 1.29 is 14.3 Å². The minimum absolute atomic E-state index is 0.0355. The SMILES string of the molecule is Cc1cc(OC2CCC2)ccc1N1C(=O)NC2c3c1ccnc3S[C@H]2C(=O)NC1CCCN(C)C1. The van der Waals surface area contributed by atoms with E-state index in [9.17, 15) is 9.59 Å². The number of rotatable bonds is 5. The number of nitrogens with zero attached hydrogens (tertiary/aromatic N) is 3. The Balaban J connectivity index is 1.26. The van der Waals surface area contributed by atoms with Gasteiger partial charge in [-0.15, -0.1) is 0 Å². The number of urea groups is 1. The minimum atomic E-state index is -0.434.